The van der Waals surface area contributed by atoms with E-state index in [-0.39, 0.29) is 20.3 Å². The Bertz CT molecular complexity index is 228. The van der Waals surface area contributed by atoms with E-state index in [0.717, 1.165) is 19.3 Å². The molecule has 4 heteroatoms. The molecule has 0 rings (SSSR count). The Morgan fingerprint density at radius 1 is 0.591 bits per heavy atom. The van der Waals surface area contributed by atoms with E-state index < -0.39 is 5.97 Å². The third kappa shape index (κ3) is 22.3. The third-order valence-corrected chi connectivity index (χ3v) is 4.05. The van der Waals surface area contributed by atoms with Gasteiger partial charge in [-0.05, 0) is 12.8 Å². The Hall–Kier alpha value is 0.0274. The first-order chi connectivity index (χ1) is 10.3. The maximum Gasteiger partial charge on any atom is 1.00 e. The summed E-state index contributed by atoms with van der Waals surface area (Å²) in [4.78, 5) is 10.3. The Kier molecular flexibility index (Phi) is 23.2. The number of hydrogen-bond donors (Lipinski definition) is 2. The molecule has 0 aromatic rings. The van der Waals surface area contributed by atoms with Gasteiger partial charge in [0.1, 0.15) is 0 Å². The first-order valence-corrected chi connectivity index (χ1v) is 9.10. The molecule has 0 aliphatic rings. The summed E-state index contributed by atoms with van der Waals surface area (Å²) >= 11 is 0. The van der Waals surface area contributed by atoms with E-state index in [0.29, 0.717) is 13.0 Å². The van der Waals surface area contributed by atoms with E-state index in [2.05, 4.69) is 0 Å². The van der Waals surface area contributed by atoms with E-state index in [4.69, 9.17) is 10.2 Å². The summed E-state index contributed by atoms with van der Waals surface area (Å²) in [6.45, 7) is 0.347. The van der Waals surface area contributed by atoms with Crippen LogP contribution >= 0.6 is 0 Å². The molecule has 0 heterocycles. The molecule has 0 radical (unpaired) electrons. The largest absolute Gasteiger partial charge is 1.00 e. The molecule has 0 aliphatic carbocycles. The van der Waals surface area contributed by atoms with Crippen LogP contribution in [0.25, 0.3) is 0 Å². The summed E-state index contributed by atoms with van der Waals surface area (Å²) in [5, 5.41) is 17.2. The molecule has 0 atom stereocenters. The van der Waals surface area contributed by atoms with Gasteiger partial charge in [-0.15, -0.1) is 0 Å². The molecule has 0 amide bonds. The van der Waals surface area contributed by atoms with Gasteiger partial charge in [0, 0.05) is 13.0 Å². The molecular formula is C18H37LiO3. The van der Waals surface area contributed by atoms with Gasteiger partial charge in [-0.1, -0.05) is 83.5 Å². The van der Waals surface area contributed by atoms with Crippen molar-refractivity contribution < 1.29 is 35.3 Å². The zero-order valence-electron chi connectivity index (χ0n) is 15.8. The normalized spacial score (nSPS) is 10.4. The second-order valence-corrected chi connectivity index (χ2v) is 6.17. The summed E-state index contributed by atoms with van der Waals surface area (Å²) in [5.74, 6) is -0.664. The van der Waals surface area contributed by atoms with Crippen molar-refractivity contribution in [3.63, 3.8) is 0 Å². The van der Waals surface area contributed by atoms with E-state index in [1.165, 1.54) is 77.0 Å². The monoisotopic (exact) mass is 308 g/mol. The zero-order valence-corrected chi connectivity index (χ0v) is 14.8. The van der Waals surface area contributed by atoms with Crippen LogP contribution in [0.4, 0.5) is 0 Å². The van der Waals surface area contributed by atoms with Crippen molar-refractivity contribution in [2.45, 2.75) is 103 Å². The van der Waals surface area contributed by atoms with Gasteiger partial charge in [-0.2, -0.15) is 0 Å². The molecule has 0 unspecified atom stereocenters. The van der Waals surface area contributed by atoms with Gasteiger partial charge in [0.05, 0.1) is 0 Å². The summed E-state index contributed by atoms with van der Waals surface area (Å²) in [5.41, 5.74) is 0. The van der Waals surface area contributed by atoms with Gasteiger partial charge in [-0.3, -0.25) is 4.79 Å². The number of carboxylic acid groups (broad SMARTS) is 1. The Labute approximate surface area is 150 Å². The minimum atomic E-state index is -0.664. The second kappa shape index (κ2) is 21.0. The van der Waals surface area contributed by atoms with Crippen molar-refractivity contribution in [1.82, 2.24) is 0 Å². The average Bonchev–Trinajstić information content (AvgIpc) is 2.46. The Morgan fingerprint density at radius 3 is 1.14 bits per heavy atom. The minimum absolute atomic E-state index is 0. The second-order valence-electron chi connectivity index (χ2n) is 6.17. The molecule has 0 fully saturated rings. The Balaban J connectivity index is -0.00000200. The third-order valence-electron chi connectivity index (χ3n) is 4.05. The fourth-order valence-corrected chi connectivity index (χ4v) is 2.69. The van der Waals surface area contributed by atoms with E-state index in [1.807, 2.05) is 0 Å². The molecule has 0 saturated heterocycles. The number of unbranched alkanes of at least 4 members (excludes halogenated alkanes) is 14. The van der Waals surface area contributed by atoms with Crippen LogP contribution in [-0.2, 0) is 4.79 Å². The van der Waals surface area contributed by atoms with Gasteiger partial charge in [-0.25, -0.2) is 0 Å². The first-order valence-electron chi connectivity index (χ1n) is 9.10. The van der Waals surface area contributed by atoms with Crippen molar-refractivity contribution >= 4 is 5.97 Å². The SMILES string of the molecule is O=C(O)CCCCCCCCCCCCCCCCCO.[H-].[Li+]. The number of carbonyl (C=O) groups is 1. The predicted molar refractivity (Wildman–Crippen MR) is 89.7 cm³/mol. The molecule has 3 nitrogen and oxygen atoms in total. The van der Waals surface area contributed by atoms with E-state index in [9.17, 15) is 4.79 Å². The fourth-order valence-electron chi connectivity index (χ4n) is 2.69. The predicted octanol–water partition coefficient (Wildman–Crippen LogP) is 2.42. The molecular weight excluding hydrogens is 271 g/mol. The summed E-state index contributed by atoms with van der Waals surface area (Å²) in [6.07, 6.45) is 19.0. The minimum Gasteiger partial charge on any atom is -1.00 e. The first kappa shape index (κ1) is 24.3. The van der Waals surface area contributed by atoms with Crippen molar-refractivity contribution in [2.24, 2.45) is 0 Å². The standard InChI is InChI=1S/C18H36O3.Li.H/c19-17-15-13-11-9-7-5-3-1-2-4-6-8-10-12-14-16-18(20)21;;/h19H,1-17H2,(H,20,21);;/q;+1;-1. The zero-order chi connectivity index (χ0) is 15.6. The van der Waals surface area contributed by atoms with Crippen LogP contribution < -0.4 is 18.9 Å². The smallest absolute Gasteiger partial charge is 1.00 e. The molecule has 22 heavy (non-hydrogen) atoms. The van der Waals surface area contributed by atoms with Crippen LogP contribution in [0.2, 0.25) is 0 Å². The Morgan fingerprint density at radius 2 is 0.864 bits per heavy atom. The van der Waals surface area contributed by atoms with Crippen molar-refractivity contribution in [2.75, 3.05) is 6.61 Å². The number of rotatable bonds is 17. The number of aliphatic carboxylic acids is 1. The van der Waals surface area contributed by atoms with Crippen LogP contribution in [0.1, 0.15) is 104 Å². The van der Waals surface area contributed by atoms with Crippen LogP contribution in [0.5, 0.6) is 0 Å². The number of aliphatic hydroxyl groups is 1. The van der Waals surface area contributed by atoms with Crippen LogP contribution in [0.15, 0.2) is 0 Å². The maximum atomic E-state index is 10.3. The van der Waals surface area contributed by atoms with Crippen molar-refractivity contribution in [3.05, 3.63) is 0 Å². The summed E-state index contributed by atoms with van der Waals surface area (Å²) in [7, 11) is 0. The van der Waals surface area contributed by atoms with Crippen LogP contribution in [0, 0.1) is 0 Å². The average molecular weight is 308 g/mol. The quantitative estimate of drug-likeness (QED) is 0.320. The van der Waals surface area contributed by atoms with Crippen molar-refractivity contribution in [1.29, 1.82) is 0 Å². The number of hydrogen-bond acceptors (Lipinski definition) is 2. The van der Waals surface area contributed by atoms with Gasteiger partial charge < -0.3 is 11.6 Å². The van der Waals surface area contributed by atoms with E-state index in [1.54, 1.807) is 0 Å². The number of aliphatic hydroxyl groups excluding tert-OH is 1. The van der Waals surface area contributed by atoms with Crippen LogP contribution in [0.3, 0.4) is 0 Å². The van der Waals surface area contributed by atoms with Gasteiger partial charge in [0.15, 0.2) is 0 Å². The maximum absolute atomic E-state index is 10.3. The topological polar surface area (TPSA) is 57.5 Å². The molecule has 0 aromatic heterocycles. The molecule has 0 saturated carbocycles. The number of carboxylic acids is 1. The van der Waals surface area contributed by atoms with Crippen LogP contribution in [-0.4, -0.2) is 22.8 Å². The van der Waals surface area contributed by atoms with Gasteiger partial charge in [0.2, 0.25) is 0 Å². The van der Waals surface area contributed by atoms with Gasteiger partial charge >= 0.3 is 24.8 Å². The molecule has 128 valence electrons. The molecule has 0 aromatic carbocycles. The fraction of sp³-hybridized carbons (Fsp3) is 0.944. The molecule has 0 spiro atoms. The van der Waals surface area contributed by atoms with Crippen molar-refractivity contribution in [3.8, 4) is 0 Å². The van der Waals surface area contributed by atoms with Gasteiger partial charge in [0.25, 0.3) is 0 Å². The molecule has 0 bridgehead atoms. The molecule has 0 aliphatic heterocycles. The van der Waals surface area contributed by atoms with E-state index >= 15 is 0 Å². The molecule has 2 N–H and O–H groups in total. The summed E-state index contributed by atoms with van der Waals surface area (Å²) in [6, 6.07) is 0. The summed E-state index contributed by atoms with van der Waals surface area (Å²) < 4.78 is 0.